The summed E-state index contributed by atoms with van der Waals surface area (Å²) in [5.74, 6) is 1.72. The molecule has 2 N–H and O–H groups in total. The molecule has 0 amide bonds. The van der Waals surface area contributed by atoms with E-state index < -0.39 is 0 Å². The van der Waals surface area contributed by atoms with E-state index in [-0.39, 0.29) is 65.4 Å². The van der Waals surface area contributed by atoms with E-state index in [1.54, 1.807) is 0 Å². The molecule has 0 saturated carbocycles. The van der Waals surface area contributed by atoms with Crippen LogP contribution in [0.2, 0.25) is 0 Å². The molecule has 6 rings (SSSR count). The summed E-state index contributed by atoms with van der Waals surface area (Å²) >= 11 is 0. The summed E-state index contributed by atoms with van der Waals surface area (Å²) in [4.78, 5) is 16.4. The third kappa shape index (κ3) is 4.88. The van der Waals surface area contributed by atoms with E-state index in [0.29, 0.717) is 0 Å². The number of nitrogens with one attached hydrogen (secondary N) is 2. The number of imidazole rings is 2. The molecule has 4 aromatic carbocycles. The summed E-state index contributed by atoms with van der Waals surface area (Å²) in [6.07, 6.45) is 0. The third-order valence-electron chi connectivity index (χ3n) is 5.78. The first-order chi connectivity index (χ1) is 15.6. The maximum atomic E-state index is 4.75. The first-order valence-corrected chi connectivity index (χ1v) is 10.6. The van der Waals surface area contributed by atoms with Gasteiger partial charge in [-0.25, -0.2) is 9.97 Å². The molecule has 160 valence electrons. The van der Waals surface area contributed by atoms with Gasteiger partial charge in [0.2, 0.25) is 0 Å². The number of H-pyrrole nitrogens is 2. The molecule has 0 saturated heterocycles. The van der Waals surface area contributed by atoms with Crippen molar-refractivity contribution in [1.82, 2.24) is 19.9 Å². The van der Waals surface area contributed by atoms with E-state index in [0.717, 1.165) is 67.1 Å². The fraction of sp³-hybridized carbons (Fsp3) is 0.0714. The Hall–Kier alpha value is -1.97. The molecule has 4 nitrogen and oxygen atoms in total. The number of nitrogens with zero attached hydrogens (tertiary/aromatic N) is 2. The fourth-order valence-corrected chi connectivity index (χ4v) is 3.95. The Morgan fingerprint density at radius 2 is 0.971 bits per heavy atom. The monoisotopic (exact) mass is 590 g/mol. The van der Waals surface area contributed by atoms with Crippen LogP contribution in [0.5, 0.6) is 0 Å². The molecule has 0 bridgehead atoms. The minimum absolute atomic E-state index is 0. The summed E-state index contributed by atoms with van der Waals surface area (Å²) in [6.45, 7) is 4.07. The maximum Gasteiger partial charge on any atom is 0.0877 e. The maximum absolute atomic E-state index is 4.75. The summed E-state index contributed by atoms with van der Waals surface area (Å²) in [5.41, 5.74) is 10.5. The molecule has 0 aliphatic rings. The van der Waals surface area contributed by atoms with Crippen molar-refractivity contribution in [2.45, 2.75) is 13.8 Å². The number of fused-ring (bicyclic) bond motifs is 2. The molecule has 0 aliphatic heterocycles. The largest absolute Gasteiger partial charge is 0.348 e. The Kier molecular flexibility index (Phi) is 7.64. The van der Waals surface area contributed by atoms with Crippen LogP contribution < -0.4 is 0 Å². The first-order valence-electron chi connectivity index (χ1n) is 10.6. The van der Waals surface area contributed by atoms with Gasteiger partial charge in [0.15, 0.2) is 0 Å². The van der Waals surface area contributed by atoms with Crippen LogP contribution in [0.25, 0.3) is 56.0 Å². The zero-order chi connectivity index (χ0) is 21.7. The minimum atomic E-state index is 0. The molecule has 0 unspecified atom stereocenters. The van der Waals surface area contributed by atoms with Crippen LogP contribution in [0.4, 0.5) is 0 Å². The minimum Gasteiger partial charge on any atom is -0.348 e. The van der Waals surface area contributed by atoms with Crippen LogP contribution >= 0.6 is 0 Å². The molecule has 0 atom stereocenters. The smallest absolute Gasteiger partial charge is 0.0877 e. The van der Waals surface area contributed by atoms with Crippen molar-refractivity contribution in [2.75, 3.05) is 0 Å². The van der Waals surface area contributed by atoms with E-state index in [1.165, 1.54) is 0 Å². The Balaban J connectivity index is 0.00000137. The predicted octanol–water partition coefficient (Wildman–Crippen LogP) is 6.65. The van der Waals surface area contributed by atoms with Crippen LogP contribution in [0, 0.1) is 26.0 Å². The molecular weight excluding hydrogens is 570 g/mol. The normalized spacial score (nSPS) is 10.8. The number of aryl methyl sites for hydroxylation is 2. The van der Waals surface area contributed by atoms with Crippen LogP contribution in [-0.4, -0.2) is 19.9 Å². The zero-order valence-corrected chi connectivity index (χ0v) is 24.7. The summed E-state index contributed by atoms with van der Waals surface area (Å²) < 4.78 is 0. The van der Waals surface area contributed by atoms with Gasteiger partial charge in [0.05, 0.1) is 33.7 Å². The molecule has 0 fully saturated rings. The standard InChI is InChI=1S/C28H20N4.2Y/c1-17-3-7-19(8-4-17)27-29-23-13-11-21(15-25(23)31-27)22-12-14-24-26(16-22)32-28(30-24)20-9-5-18(2)6-10-20;;/h3,5,7-16H,1-2H3,(H,29,31)(H,30,32);;/q-2;;. The Bertz CT molecular complexity index is 1460. The van der Waals surface area contributed by atoms with Gasteiger partial charge >= 0.3 is 0 Å². The average Bonchev–Trinajstić information content (AvgIpc) is 3.43. The Labute approximate surface area is 248 Å². The van der Waals surface area contributed by atoms with Crippen molar-refractivity contribution in [3.8, 4) is 33.9 Å². The number of rotatable bonds is 3. The van der Waals surface area contributed by atoms with Gasteiger partial charge in [0.25, 0.3) is 0 Å². The number of benzene rings is 4. The van der Waals surface area contributed by atoms with Crippen LogP contribution in [-0.2, 0) is 65.4 Å². The van der Waals surface area contributed by atoms with E-state index in [9.17, 15) is 0 Å². The summed E-state index contributed by atoms with van der Waals surface area (Å²) in [5, 5.41) is 0. The molecule has 34 heavy (non-hydrogen) atoms. The molecule has 0 spiro atoms. The summed E-state index contributed by atoms with van der Waals surface area (Å²) in [7, 11) is 0. The fourth-order valence-electron chi connectivity index (χ4n) is 3.95. The molecule has 0 aliphatic carbocycles. The SMILES string of the molecule is Cc1[c-]cc(-c2nc3ccc(-c4ccc5nc(-c6c[c-]c(C)cc6)[nH]c5c4)cc3[nH]2)cc1.[Y].[Y]. The molecular formula is C28H20N4Y2-2. The van der Waals surface area contributed by atoms with Gasteiger partial charge in [-0.3, -0.25) is 0 Å². The van der Waals surface area contributed by atoms with Gasteiger partial charge in [-0.15, -0.1) is 0 Å². The van der Waals surface area contributed by atoms with Gasteiger partial charge in [-0.2, -0.15) is 59.7 Å². The number of hydrogen-bond acceptors (Lipinski definition) is 2. The number of aromatic amines is 2. The third-order valence-corrected chi connectivity index (χ3v) is 5.78. The van der Waals surface area contributed by atoms with E-state index >= 15 is 0 Å². The second kappa shape index (κ2) is 10.3. The van der Waals surface area contributed by atoms with E-state index in [4.69, 9.17) is 9.97 Å². The first kappa shape index (κ1) is 25.1. The van der Waals surface area contributed by atoms with Crippen molar-refractivity contribution in [2.24, 2.45) is 0 Å². The van der Waals surface area contributed by atoms with E-state index in [2.05, 4.69) is 82.8 Å². The molecule has 6 heteroatoms. The molecule has 2 heterocycles. The quantitative estimate of drug-likeness (QED) is 0.227. The van der Waals surface area contributed by atoms with Crippen molar-refractivity contribution >= 4 is 22.1 Å². The topological polar surface area (TPSA) is 57.4 Å². The number of hydrogen-bond donors (Lipinski definition) is 2. The van der Waals surface area contributed by atoms with Crippen LogP contribution in [0.1, 0.15) is 11.1 Å². The van der Waals surface area contributed by atoms with Crippen LogP contribution in [0.15, 0.2) is 72.8 Å². The van der Waals surface area contributed by atoms with Crippen LogP contribution in [0.3, 0.4) is 0 Å². The van der Waals surface area contributed by atoms with Crippen molar-refractivity contribution < 1.29 is 65.4 Å². The van der Waals surface area contributed by atoms with Gasteiger partial charge in [0.1, 0.15) is 0 Å². The zero-order valence-electron chi connectivity index (χ0n) is 19.0. The average molecular weight is 590 g/mol. The Morgan fingerprint density at radius 1 is 0.559 bits per heavy atom. The van der Waals surface area contributed by atoms with Gasteiger partial charge in [0, 0.05) is 65.4 Å². The second-order valence-corrected chi connectivity index (χ2v) is 8.16. The number of aromatic nitrogens is 4. The van der Waals surface area contributed by atoms with E-state index in [1.807, 2.05) is 26.0 Å². The molecule has 2 aromatic heterocycles. The van der Waals surface area contributed by atoms with Crippen molar-refractivity contribution in [3.05, 3.63) is 96.1 Å². The van der Waals surface area contributed by atoms with Gasteiger partial charge < -0.3 is 9.97 Å². The predicted molar refractivity (Wildman–Crippen MR) is 129 cm³/mol. The van der Waals surface area contributed by atoms with Crippen molar-refractivity contribution in [3.63, 3.8) is 0 Å². The van der Waals surface area contributed by atoms with Gasteiger partial charge in [-0.05, 0) is 35.4 Å². The van der Waals surface area contributed by atoms with Crippen molar-refractivity contribution in [1.29, 1.82) is 0 Å². The summed E-state index contributed by atoms with van der Waals surface area (Å²) in [6, 6.07) is 31.3. The Morgan fingerprint density at radius 3 is 1.35 bits per heavy atom. The van der Waals surface area contributed by atoms with Gasteiger partial charge in [-0.1, -0.05) is 37.1 Å². The second-order valence-electron chi connectivity index (χ2n) is 8.16. The molecule has 6 aromatic rings. The molecule has 2 radical (unpaired) electrons.